The van der Waals surface area contributed by atoms with E-state index in [1.807, 2.05) is 0 Å². The molecule has 22 heavy (non-hydrogen) atoms. The third-order valence-corrected chi connectivity index (χ3v) is 4.06. The smallest absolute Gasteiger partial charge is 0.221 e. The summed E-state index contributed by atoms with van der Waals surface area (Å²) in [6.45, 7) is 9.14. The van der Waals surface area contributed by atoms with Gasteiger partial charge in [0.1, 0.15) is 0 Å². The number of halogens is 2. The summed E-state index contributed by atoms with van der Waals surface area (Å²) in [6, 6.07) is 0.399. The molecule has 0 aromatic carbocycles. The van der Waals surface area contributed by atoms with Crippen LogP contribution in [0.3, 0.4) is 0 Å². The number of hydrogen-bond donors (Lipinski definition) is 2. The average Bonchev–Trinajstić information content (AvgIpc) is 2.86. The van der Waals surface area contributed by atoms with Crippen molar-refractivity contribution in [3.8, 4) is 0 Å². The normalized spacial score (nSPS) is 28.5. The summed E-state index contributed by atoms with van der Waals surface area (Å²) in [6.07, 6.45) is 4.63. The lowest BCUT2D eigenvalue weighted by Gasteiger charge is -2.35. The van der Waals surface area contributed by atoms with Crippen molar-refractivity contribution in [2.45, 2.75) is 57.8 Å². The molecule has 2 rings (SSSR count). The van der Waals surface area contributed by atoms with Crippen LogP contribution in [0.25, 0.3) is 0 Å². The van der Waals surface area contributed by atoms with Crippen LogP contribution >= 0.6 is 24.8 Å². The number of hydrogen-bond acceptors (Lipinski definition) is 4. The Morgan fingerprint density at radius 1 is 1.27 bits per heavy atom. The average molecular weight is 356 g/mol. The predicted molar refractivity (Wildman–Crippen MR) is 94.2 cm³/mol. The number of carbonyl (C=O) groups excluding carboxylic acids is 1. The van der Waals surface area contributed by atoms with E-state index in [4.69, 9.17) is 4.74 Å². The minimum absolute atomic E-state index is 0. The van der Waals surface area contributed by atoms with Crippen molar-refractivity contribution in [2.24, 2.45) is 0 Å². The van der Waals surface area contributed by atoms with Gasteiger partial charge in [-0.1, -0.05) is 0 Å². The number of rotatable bonds is 6. The maximum absolute atomic E-state index is 11.8. The van der Waals surface area contributed by atoms with Crippen LogP contribution in [0.5, 0.6) is 0 Å². The minimum atomic E-state index is 0. The van der Waals surface area contributed by atoms with E-state index in [0.29, 0.717) is 24.7 Å². The summed E-state index contributed by atoms with van der Waals surface area (Å²) in [4.78, 5) is 14.2. The molecule has 0 spiro atoms. The van der Waals surface area contributed by atoms with E-state index in [1.54, 1.807) is 0 Å². The molecule has 0 aromatic rings. The van der Waals surface area contributed by atoms with E-state index in [1.165, 1.54) is 6.42 Å². The number of amides is 1. The lowest BCUT2D eigenvalue weighted by atomic mass is 10.1. The van der Waals surface area contributed by atoms with Crippen LogP contribution in [-0.4, -0.2) is 61.8 Å². The summed E-state index contributed by atoms with van der Waals surface area (Å²) in [5.41, 5.74) is 0. The van der Waals surface area contributed by atoms with Crippen molar-refractivity contribution in [1.82, 2.24) is 15.5 Å². The van der Waals surface area contributed by atoms with Gasteiger partial charge in [-0.05, 0) is 39.7 Å². The van der Waals surface area contributed by atoms with E-state index >= 15 is 0 Å². The van der Waals surface area contributed by atoms with Gasteiger partial charge >= 0.3 is 0 Å². The minimum Gasteiger partial charge on any atom is -0.373 e. The zero-order chi connectivity index (χ0) is 14.4. The second-order valence-electron chi connectivity index (χ2n) is 6.22. The van der Waals surface area contributed by atoms with Crippen LogP contribution in [0.4, 0.5) is 0 Å². The SMILES string of the molecule is CC1CN(CCCNC(=O)CC2CCCN2)CC(C)O1.Cl.Cl. The van der Waals surface area contributed by atoms with E-state index in [2.05, 4.69) is 29.4 Å². The Hall–Kier alpha value is -0.0700. The van der Waals surface area contributed by atoms with Crippen molar-refractivity contribution < 1.29 is 9.53 Å². The number of ether oxygens (including phenoxy) is 1. The zero-order valence-corrected chi connectivity index (χ0v) is 15.3. The number of carbonyl (C=O) groups is 1. The fourth-order valence-corrected chi connectivity index (χ4v) is 3.22. The van der Waals surface area contributed by atoms with Crippen molar-refractivity contribution in [3.05, 3.63) is 0 Å². The van der Waals surface area contributed by atoms with Gasteiger partial charge in [-0.3, -0.25) is 9.69 Å². The predicted octanol–water partition coefficient (Wildman–Crippen LogP) is 1.59. The molecular weight excluding hydrogens is 325 g/mol. The van der Waals surface area contributed by atoms with Gasteiger partial charge in [-0.15, -0.1) is 24.8 Å². The van der Waals surface area contributed by atoms with Crippen molar-refractivity contribution >= 4 is 30.7 Å². The molecule has 2 N–H and O–H groups in total. The molecule has 2 saturated heterocycles. The highest BCUT2D eigenvalue weighted by Gasteiger charge is 2.21. The van der Waals surface area contributed by atoms with Crippen molar-refractivity contribution in [2.75, 3.05) is 32.7 Å². The molecule has 0 aromatic heterocycles. The quantitative estimate of drug-likeness (QED) is 0.710. The molecule has 5 nitrogen and oxygen atoms in total. The van der Waals surface area contributed by atoms with Crippen LogP contribution < -0.4 is 10.6 Å². The van der Waals surface area contributed by atoms with Gasteiger partial charge in [0.15, 0.2) is 0 Å². The highest BCUT2D eigenvalue weighted by molar-refractivity contribution is 5.85. The van der Waals surface area contributed by atoms with E-state index in [0.717, 1.165) is 45.6 Å². The highest BCUT2D eigenvalue weighted by atomic mass is 35.5. The van der Waals surface area contributed by atoms with Crippen LogP contribution in [0.2, 0.25) is 0 Å². The zero-order valence-electron chi connectivity index (χ0n) is 13.7. The summed E-state index contributed by atoms with van der Waals surface area (Å²) in [7, 11) is 0. The highest BCUT2D eigenvalue weighted by Crippen LogP contribution is 2.11. The van der Waals surface area contributed by atoms with Crippen LogP contribution in [0, 0.1) is 0 Å². The fraction of sp³-hybridized carbons (Fsp3) is 0.933. The number of nitrogens with zero attached hydrogens (tertiary/aromatic N) is 1. The monoisotopic (exact) mass is 355 g/mol. The fourth-order valence-electron chi connectivity index (χ4n) is 3.22. The molecule has 7 heteroatoms. The molecule has 0 saturated carbocycles. The lowest BCUT2D eigenvalue weighted by Crippen LogP contribution is -2.46. The maximum atomic E-state index is 11.8. The first-order valence-corrected chi connectivity index (χ1v) is 8.01. The summed E-state index contributed by atoms with van der Waals surface area (Å²) < 4.78 is 5.72. The molecule has 2 heterocycles. The molecule has 2 aliphatic heterocycles. The Bertz CT molecular complexity index is 305. The number of nitrogens with one attached hydrogen (secondary N) is 2. The second kappa shape index (κ2) is 11.5. The molecule has 3 atom stereocenters. The first-order chi connectivity index (χ1) is 9.63. The van der Waals surface area contributed by atoms with Crippen LogP contribution in [0.1, 0.15) is 39.5 Å². The largest absolute Gasteiger partial charge is 0.373 e. The third-order valence-electron chi connectivity index (χ3n) is 4.06. The van der Waals surface area contributed by atoms with Gasteiger partial charge in [0.05, 0.1) is 12.2 Å². The Labute approximate surface area is 146 Å². The van der Waals surface area contributed by atoms with Gasteiger partial charge < -0.3 is 15.4 Å². The maximum Gasteiger partial charge on any atom is 0.221 e. The van der Waals surface area contributed by atoms with Crippen LogP contribution in [-0.2, 0) is 9.53 Å². The molecule has 3 unspecified atom stereocenters. The van der Waals surface area contributed by atoms with Gasteiger partial charge in [0, 0.05) is 38.6 Å². The Balaban J connectivity index is 0.00000220. The molecular formula is C15H31Cl2N3O2. The van der Waals surface area contributed by atoms with E-state index in [-0.39, 0.29) is 30.7 Å². The summed E-state index contributed by atoms with van der Waals surface area (Å²) >= 11 is 0. The Morgan fingerprint density at radius 3 is 2.55 bits per heavy atom. The lowest BCUT2D eigenvalue weighted by molar-refractivity contribution is -0.121. The molecule has 132 valence electrons. The first kappa shape index (κ1) is 21.9. The van der Waals surface area contributed by atoms with E-state index in [9.17, 15) is 4.79 Å². The second-order valence-corrected chi connectivity index (χ2v) is 6.22. The van der Waals surface area contributed by atoms with Crippen molar-refractivity contribution in [3.63, 3.8) is 0 Å². The molecule has 0 bridgehead atoms. The summed E-state index contributed by atoms with van der Waals surface area (Å²) in [5, 5.41) is 6.39. The van der Waals surface area contributed by atoms with Crippen LogP contribution in [0.15, 0.2) is 0 Å². The Morgan fingerprint density at radius 2 is 1.95 bits per heavy atom. The van der Waals surface area contributed by atoms with Gasteiger partial charge in [-0.2, -0.15) is 0 Å². The van der Waals surface area contributed by atoms with Gasteiger partial charge in [0.2, 0.25) is 5.91 Å². The topological polar surface area (TPSA) is 53.6 Å². The van der Waals surface area contributed by atoms with E-state index < -0.39 is 0 Å². The van der Waals surface area contributed by atoms with Gasteiger partial charge in [-0.25, -0.2) is 0 Å². The van der Waals surface area contributed by atoms with Crippen molar-refractivity contribution in [1.29, 1.82) is 0 Å². The number of morpholine rings is 1. The first-order valence-electron chi connectivity index (χ1n) is 8.01. The standard InChI is InChI=1S/C15H29N3O2.2ClH/c1-12-10-18(11-13(2)20-12)8-4-7-17-15(19)9-14-5-3-6-16-14;;/h12-14,16H,3-11H2,1-2H3,(H,17,19);2*1H. The Kier molecular flexibility index (Phi) is 11.4. The molecule has 1 amide bonds. The molecule has 0 aliphatic carbocycles. The third kappa shape index (κ3) is 7.97. The summed E-state index contributed by atoms with van der Waals surface area (Å²) in [5.74, 6) is 0.188. The molecule has 0 radical (unpaired) electrons. The molecule has 2 aliphatic rings. The molecule has 2 fully saturated rings. The van der Waals surface area contributed by atoms with Gasteiger partial charge in [0.25, 0.3) is 0 Å².